The molecule has 2 aromatic rings. The van der Waals surface area contributed by atoms with E-state index in [1.807, 2.05) is 61.2 Å². The van der Waals surface area contributed by atoms with Crippen molar-refractivity contribution in [2.24, 2.45) is 21.5 Å². The van der Waals surface area contributed by atoms with Crippen LogP contribution in [0.1, 0.15) is 29.8 Å². The van der Waals surface area contributed by atoms with Crippen molar-refractivity contribution in [3.63, 3.8) is 0 Å². The molecule has 0 unspecified atom stereocenters. The van der Waals surface area contributed by atoms with Crippen LogP contribution in [0.4, 0.5) is 5.69 Å². The maximum absolute atomic E-state index is 12.1. The number of hydrogen-bond acceptors (Lipinski definition) is 6. The van der Waals surface area contributed by atoms with Crippen LogP contribution in [0.3, 0.4) is 0 Å². The molecule has 6 heteroatoms. The van der Waals surface area contributed by atoms with Gasteiger partial charge in [0.25, 0.3) is 0 Å². The molecule has 3 rings (SSSR count). The van der Waals surface area contributed by atoms with Crippen molar-refractivity contribution >= 4 is 29.5 Å². The Labute approximate surface area is 152 Å². The first kappa shape index (κ1) is 17.4. The highest BCUT2D eigenvalue weighted by atomic mass is 16.1. The number of nitrogens with two attached hydrogens (primary N) is 2. The second-order valence-corrected chi connectivity index (χ2v) is 6.42. The van der Waals surface area contributed by atoms with Gasteiger partial charge in [0.05, 0.1) is 0 Å². The number of hydrogen-bond donors (Lipinski definition) is 2. The lowest BCUT2D eigenvalue weighted by Crippen LogP contribution is -2.54. The molecule has 0 amide bonds. The first-order valence-corrected chi connectivity index (χ1v) is 8.24. The van der Waals surface area contributed by atoms with Crippen LogP contribution >= 0.6 is 0 Å². The summed E-state index contributed by atoms with van der Waals surface area (Å²) in [6.07, 6.45) is 3.35. The predicted octanol–water partition coefficient (Wildman–Crippen LogP) is 2.77. The average Bonchev–Trinajstić information content (AvgIpc) is 2.60. The molecule has 0 radical (unpaired) electrons. The Kier molecular flexibility index (Phi) is 4.58. The third kappa shape index (κ3) is 3.64. The monoisotopic (exact) mass is 347 g/mol. The molecule has 0 atom stereocenters. The molecule has 0 saturated heterocycles. The van der Waals surface area contributed by atoms with Gasteiger partial charge in [0.15, 0.2) is 5.78 Å². The second kappa shape index (κ2) is 6.84. The van der Waals surface area contributed by atoms with E-state index >= 15 is 0 Å². The van der Waals surface area contributed by atoms with Gasteiger partial charge in [0.1, 0.15) is 5.66 Å². The molecule has 6 nitrogen and oxygen atoms in total. The van der Waals surface area contributed by atoms with E-state index < -0.39 is 5.66 Å². The van der Waals surface area contributed by atoms with Gasteiger partial charge in [-0.2, -0.15) is 4.99 Å². The molecule has 0 saturated carbocycles. The normalized spacial score (nSPS) is 16.3. The van der Waals surface area contributed by atoms with Crippen molar-refractivity contribution in [3.8, 4) is 0 Å². The number of ketones is 1. The fraction of sp³-hybridized carbons (Fsp3) is 0.150. The van der Waals surface area contributed by atoms with Crippen LogP contribution in [0, 0.1) is 0 Å². The Morgan fingerprint density at radius 3 is 2.31 bits per heavy atom. The molecular formula is C20H21N5O. The Bertz CT molecular complexity index is 896. The molecule has 4 N–H and O–H groups in total. The van der Waals surface area contributed by atoms with Gasteiger partial charge >= 0.3 is 0 Å². The van der Waals surface area contributed by atoms with Crippen LogP contribution in [0.2, 0.25) is 0 Å². The molecular weight excluding hydrogens is 326 g/mol. The first-order valence-electron chi connectivity index (χ1n) is 8.24. The van der Waals surface area contributed by atoms with Gasteiger partial charge in [-0.3, -0.25) is 9.69 Å². The summed E-state index contributed by atoms with van der Waals surface area (Å²) in [5.41, 5.74) is 13.5. The fourth-order valence-electron chi connectivity index (χ4n) is 2.86. The van der Waals surface area contributed by atoms with E-state index in [2.05, 4.69) is 9.98 Å². The molecule has 132 valence electrons. The van der Waals surface area contributed by atoms with Gasteiger partial charge in [-0.1, -0.05) is 48.5 Å². The van der Waals surface area contributed by atoms with Crippen molar-refractivity contribution in [1.82, 2.24) is 0 Å². The minimum absolute atomic E-state index is 0.0342. The van der Waals surface area contributed by atoms with Crippen molar-refractivity contribution in [3.05, 3.63) is 71.8 Å². The molecule has 1 aliphatic rings. The van der Waals surface area contributed by atoms with Gasteiger partial charge in [0, 0.05) is 11.3 Å². The van der Waals surface area contributed by atoms with E-state index in [0.717, 1.165) is 11.3 Å². The topological polar surface area (TPSA) is 97.1 Å². The fourth-order valence-corrected chi connectivity index (χ4v) is 2.86. The molecule has 2 aromatic carbocycles. The number of rotatable bonds is 4. The molecule has 0 aromatic heterocycles. The summed E-state index contributed by atoms with van der Waals surface area (Å²) >= 11 is 0. The standard InChI is InChI=1S/C20H21N5O/c1-20(2)24-18(21)23-19(22)25(20)16-11-8-14(9-12-16)10-13-17(26)15-6-4-3-5-7-15/h3-13H,1-2H3,(H4,21,22,23,24)/b13-10+. The van der Waals surface area contributed by atoms with Gasteiger partial charge in [-0.15, -0.1) is 0 Å². The summed E-state index contributed by atoms with van der Waals surface area (Å²) in [6, 6.07) is 16.8. The van der Waals surface area contributed by atoms with E-state index in [9.17, 15) is 4.79 Å². The Morgan fingerprint density at radius 1 is 1.04 bits per heavy atom. The predicted molar refractivity (Wildman–Crippen MR) is 106 cm³/mol. The Hall–Kier alpha value is -3.41. The van der Waals surface area contributed by atoms with Crippen molar-refractivity contribution in [1.29, 1.82) is 0 Å². The highest BCUT2D eigenvalue weighted by Crippen LogP contribution is 2.27. The van der Waals surface area contributed by atoms with Crippen LogP contribution in [0.25, 0.3) is 6.08 Å². The minimum atomic E-state index is -0.628. The number of nitrogens with zero attached hydrogens (tertiary/aromatic N) is 3. The number of carbonyl (C=O) groups excluding carboxylic acids is 1. The largest absolute Gasteiger partial charge is 0.369 e. The van der Waals surface area contributed by atoms with E-state index in [0.29, 0.717) is 11.5 Å². The lowest BCUT2D eigenvalue weighted by atomic mass is 10.1. The van der Waals surface area contributed by atoms with E-state index in [1.165, 1.54) is 0 Å². The average molecular weight is 347 g/mol. The number of anilines is 1. The molecule has 0 aliphatic carbocycles. The minimum Gasteiger partial charge on any atom is -0.369 e. The van der Waals surface area contributed by atoms with E-state index in [1.54, 1.807) is 24.3 Å². The molecule has 26 heavy (non-hydrogen) atoms. The smallest absolute Gasteiger partial charge is 0.220 e. The van der Waals surface area contributed by atoms with Gasteiger partial charge < -0.3 is 11.5 Å². The van der Waals surface area contributed by atoms with Crippen LogP contribution < -0.4 is 16.4 Å². The Balaban J connectivity index is 1.78. The zero-order valence-electron chi connectivity index (χ0n) is 14.8. The molecule has 0 bridgehead atoms. The summed E-state index contributed by atoms with van der Waals surface area (Å²) in [7, 11) is 0. The zero-order chi connectivity index (χ0) is 18.7. The summed E-state index contributed by atoms with van der Waals surface area (Å²) in [6.45, 7) is 3.82. The quantitative estimate of drug-likeness (QED) is 0.656. The number of guanidine groups is 2. The number of aliphatic imine (C=N–C) groups is 2. The highest BCUT2D eigenvalue weighted by molar-refractivity contribution is 6.07. The van der Waals surface area contributed by atoms with E-state index in [-0.39, 0.29) is 11.7 Å². The van der Waals surface area contributed by atoms with Crippen molar-refractivity contribution in [2.45, 2.75) is 19.5 Å². The summed E-state index contributed by atoms with van der Waals surface area (Å²) < 4.78 is 0. The third-order valence-corrected chi connectivity index (χ3v) is 4.03. The third-order valence-electron chi connectivity index (χ3n) is 4.03. The van der Waals surface area contributed by atoms with Gasteiger partial charge in [-0.25, -0.2) is 4.99 Å². The zero-order valence-corrected chi connectivity index (χ0v) is 14.8. The summed E-state index contributed by atoms with van der Waals surface area (Å²) in [5, 5.41) is 0. The maximum Gasteiger partial charge on any atom is 0.220 e. The number of carbonyl (C=O) groups is 1. The molecule has 0 fully saturated rings. The van der Waals surface area contributed by atoms with Crippen molar-refractivity contribution in [2.75, 3.05) is 4.90 Å². The van der Waals surface area contributed by atoms with Gasteiger partial charge in [0.2, 0.25) is 11.9 Å². The van der Waals surface area contributed by atoms with Crippen molar-refractivity contribution < 1.29 is 4.79 Å². The van der Waals surface area contributed by atoms with Crippen LogP contribution in [-0.2, 0) is 0 Å². The highest BCUT2D eigenvalue weighted by Gasteiger charge is 2.32. The lowest BCUT2D eigenvalue weighted by Gasteiger charge is -2.38. The molecule has 1 aliphatic heterocycles. The van der Waals surface area contributed by atoms with Crippen LogP contribution in [0.15, 0.2) is 70.7 Å². The lowest BCUT2D eigenvalue weighted by molar-refractivity contribution is 0.104. The summed E-state index contributed by atoms with van der Waals surface area (Å²) in [4.78, 5) is 22.3. The van der Waals surface area contributed by atoms with Crippen LogP contribution in [0.5, 0.6) is 0 Å². The molecule has 1 heterocycles. The Morgan fingerprint density at radius 2 is 1.69 bits per heavy atom. The number of benzene rings is 2. The maximum atomic E-state index is 12.1. The van der Waals surface area contributed by atoms with Gasteiger partial charge in [-0.05, 0) is 37.6 Å². The summed E-state index contributed by atoms with van der Waals surface area (Å²) in [5.74, 6) is 0.431. The SMILES string of the molecule is CC1(C)N=C(N)N=C(N)N1c1ccc(/C=C/C(=O)c2ccccc2)cc1. The first-order chi connectivity index (χ1) is 12.4. The number of allylic oxidation sites excluding steroid dienone is 1. The molecule has 0 spiro atoms. The second-order valence-electron chi connectivity index (χ2n) is 6.42. The van der Waals surface area contributed by atoms with E-state index in [4.69, 9.17) is 11.5 Å². The van der Waals surface area contributed by atoms with Crippen LogP contribution in [-0.4, -0.2) is 23.4 Å².